The minimum Gasteiger partial charge on any atom is -0.399 e. The summed E-state index contributed by atoms with van der Waals surface area (Å²) < 4.78 is 0. The molecule has 110 valence electrons. The third-order valence-corrected chi connectivity index (χ3v) is 3.60. The Hall–Kier alpha value is -1.59. The fourth-order valence-corrected chi connectivity index (χ4v) is 2.33. The molecular weight excluding hydrogens is 254 g/mol. The maximum atomic E-state index is 12.0. The van der Waals surface area contributed by atoms with Crippen molar-refractivity contribution in [2.24, 2.45) is 0 Å². The van der Waals surface area contributed by atoms with Crippen LogP contribution in [-0.2, 0) is 4.79 Å². The molecule has 0 aromatic heterocycles. The molecule has 0 saturated heterocycles. The molecule has 0 spiro atoms. The molecule has 0 bridgehead atoms. The Bertz CT molecular complexity index is 472. The van der Waals surface area contributed by atoms with E-state index in [4.69, 9.17) is 10.8 Å². The fraction of sp³-hybridized carbons (Fsp3) is 0.533. The monoisotopic (exact) mass is 277 g/mol. The SMILES string of the molecule is Cc1cc(N)ccc1NC(=O)CCN(CCO)C1CC1. The van der Waals surface area contributed by atoms with Crippen molar-refractivity contribution in [3.63, 3.8) is 0 Å². The lowest BCUT2D eigenvalue weighted by Crippen LogP contribution is -2.32. The van der Waals surface area contributed by atoms with Gasteiger partial charge in [0.1, 0.15) is 0 Å². The van der Waals surface area contributed by atoms with E-state index in [1.54, 1.807) is 6.07 Å². The number of hydrogen-bond acceptors (Lipinski definition) is 4. The number of anilines is 2. The van der Waals surface area contributed by atoms with Crippen molar-refractivity contribution in [3.05, 3.63) is 23.8 Å². The maximum absolute atomic E-state index is 12.0. The summed E-state index contributed by atoms with van der Waals surface area (Å²) in [7, 11) is 0. The lowest BCUT2D eigenvalue weighted by molar-refractivity contribution is -0.116. The largest absolute Gasteiger partial charge is 0.399 e. The number of aryl methyl sites for hydroxylation is 1. The van der Waals surface area contributed by atoms with Crippen molar-refractivity contribution in [1.82, 2.24) is 4.90 Å². The highest BCUT2D eigenvalue weighted by Gasteiger charge is 2.28. The van der Waals surface area contributed by atoms with Gasteiger partial charge in [-0.05, 0) is 43.5 Å². The van der Waals surface area contributed by atoms with Crippen molar-refractivity contribution < 1.29 is 9.90 Å². The topological polar surface area (TPSA) is 78.6 Å². The van der Waals surface area contributed by atoms with Crippen LogP contribution in [0.5, 0.6) is 0 Å². The Kier molecular flexibility index (Phi) is 4.98. The van der Waals surface area contributed by atoms with Gasteiger partial charge in [0.15, 0.2) is 0 Å². The molecule has 0 heterocycles. The molecule has 1 aromatic rings. The van der Waals surface area contributed by atoms with Gasteiger partial charge in [-0.15, -0.1) is 0 Å². The maximum Gasteiger partial charge on any atom is 0.225 e. The van der Waals surface area contributed by atoms with Gasteiger partial charge in [0.25, 0.3) is 0 Å². The summed E-state index contributed by atoms with van der Waals surface area (Å²) in [5.41, 5.74) is 8.16. The minimum absolute atomic E-state index is 0.00135. The summed E-state index contributed by atoms with van der Waals surface area (Å²) in [4.78, 5) is 14.2. The van der Waals surface area contributed by atoms with E-state index in [0.717, 1.165) is 11.3 Å². The predicted octanol–water partition coefficient (Wildman–Crippen LogP) is 1.36. The number of nitrogens with zero attached hydrogens (tertiary/aromatic N) is 1. The number of nitrogens with two attached hydrogens (primary N) is 1. The predicted molar refractivity (Wildman–Crippen MR) is 80.5 cm³/mol. The molecule has 0 radical (unpaired) electrons. The van der Waals surface area contributed by atoms with E-state index < -0.39 is 0 Å². The number of benzene rings is 1. The summed E-state index contributed by atoms with van der Waals surface area (Å²) in [5, 5.41) is 11.9. The van der Waals surface area contributed by atoms with Crippen LogP contribution in [0.25, 0.3) is 0 Å². The van der Waals surface area contributed by atoms with Crippen molar-refractivity contribution >= 4 is 17.3 Å². The molecule has 4 N–H and O–H groups in total. The van der Waals surface area contributed by atoms with E-state index in [9.17, 15) is 4.79 Å². The van der Waals surface area contributed by atoms with Gasteiger partial charge in [-0.3, -0.25) is 9.69 Å². The second-order valence-electron chi connectivity index (χ2n) is 5.36. The Morgan fingerprint density at radius 2 is 2.20 bits per heavy atom. The average Bonchev–Trinajstić information content (AvgIpc) is 3.22. The highest BCUT2D eigenvalue weighted by molar-refractivity contribution is 5.91. The lowest BCUT2D eigenvalue weighted by Gasteiger charge is -2.20. The summed E-state index contributed by atoms with van der Waals surface area (Å²) in [5.74, 6) is 0.00135. The zero-order chi connectivity index (χ0) is 14.5. The van der Waals surface area contributed by atoms with Gasteiger partial charge in [0, 0.05) is 36.9 Å². The van der Waals surface area contributed by atoms with Gasteiger partial charge in [-0.1, -0.05) is 0 Å². The number of aliphatic hydroxyl groups is 1. The molecule has 1 aliphatic rings. The molecule has 5 nitrogen and oxygen atoms in total. The van der Waals surface area contributed by atoms with E-state index in [0.29, 0.717) is 31.2 Å². The van der Waals surface area contributed by atoms with Crippen molar-refractivity contribution in [2.45, 2.75) is 32.2 Å². The van der Waals surface area contributed by atoms with Gasteiger partial charge < -0.3 is 16.2 Å². The van der Waals surface area contributed by atoms with Gasteiger partial charge in [-0.25, -0.2) is 0 Å². The first-order chi connectivity index (χ1) is 9.60. The first-order valence-electron chi connectivity index (χ1n) is 7.11. The Labute approximate surface area is 119 Å². The van der Waals surface area contributed by atoms with E-state index >= 15 is 0 Å². The number of carbonyl (C=O) groups is 1. The van der Waals surface area contributed by atoms with E-state index in [1.165, 1.54) is 12.8 Å². The Morgan fingerprint density at radius 1 is 1.45 bits per heavy atom. The first kappa shape index (κ1) is 14.8. The van der Waals surface area contributed by atoms with Gasteiger partial charge >= 0.3 is 0 Å². The molecule has 1 aromatic carbocycles. The second-order valence-corrected chi connectivity index (χ2v) is 5.36. The highest BCUT2D eigenvalue weighted by Crippen LogP contribution is 2.26. The molecule has 0 unspecified atom stereocenters. The minimum atomic E-state index is 0.00135. The van der Waals surface area contributed by atoms with Crippen LogP contribution in [-0.4, -0.2) is 41.7 Å². The summed E-state index contributed by atoms with van der Waals surface area (Å²) in [6.07, 6.45) is 2.80. The van der Waals surface area contributed by atoms with Crippen LogP contribution in [0.2, 0.25) is 0 Å². The summed E-state index contributed by atoms with van der Waals surface area (Å²) in [6.45, 7) is 3.42. The molecule has 0 aliphatic heterocycles. The fourth-order valence-electron chi connectivity index (χ4n) is 2.33. The molecule has 1 amide bonds. The molecule has 1 aliphatic carbocycles. The highest BCUT2D eigenvalue weighted by atomic mass is 16.3. The summed E-state index contributed by atoms with van der Waals surface area (Å²) in [6, 6.07) is 6.02. The van der Waals surface area contributed by atoms with E-state index in [2.05, 4.69) is 10.2 Å². The number of nitrogen functional groups attached to an aromatic ring is 1. The van der Waals surface area contributed by atoms with Crippen molar-refractivity contribution in [1.29, 1.82) is 0 Å². The van der Waals surface area contributed by atoms with Gasteiger partial charge in [0.2, 0.25) is 5.91 Å². The number of hydrogen-bond donors (Lipinski definition) is 3. The second kappa shape index (κ2) is 6.72. The van der Waals surface area contributed by atoms with Crippen molar-refractivity contribution in [2.75, 3.05) is 30.7 Å². The third-order valence-electron chi connectivity index (χ3n) is 3.60. The van der Waals surface area contributed by atoms with Gasteiger partial charge in [-0.2, -0.15) is 0 Å². The van der Waals surface area contributed by atoms with Crippen LogP contribution in [0.3, 0.4) is 0 Å². The van der Waals surface area contributed by atoms with E-state index in [-0.39, 0.29) is 12.5 Å². The van der Waals surface area contributed by atoms with Crippen LogP contribution < -0.4 is 11.1 Å². The Morgan fingerprint density at radius 3 is 2.80 bits per heavy atom. The van der Waals surface area contributed by atoms with Crippen LogP contribution in [0.15, 0.2) is 18.2 Å². The van der Waals surface area contributed by atoms with Gasteiger partial charge in [0.05, 0.1) is 6.61 Å². The van der Waals surface area contributed by atoms with Crippen LogP contribution >= 0.6 is 0 Å². The molecular formula is C15H23N3O2. The smallest absolute Gasteiger partial charge is 0.225 e. The normalized spacial score (nSPS) is 14.6. The molecule has 2 rings (SSSR count). The first-order valence-corrected chi connectivity index (χ1v) is 7.11. The zero-order valence-corrected chi connectivity index (χ0v) is 11.9. The van der Waals surface area contributed by atoms with Crippen LogP contribution in [0.1, 0.15) is 24.8 Å². The average molecular weight is 277 g/mol. The molecule has 0 atom stereocenters. The third kappa shape index (κ3) is 4.21. The zero-order valence-electron chi connectivity index (χ0n) is 11.9. The number of rotatable bonds is 7. The Balaban J connectivity index is 1.82. The quantitative estimate of drug-likeness (QED) is 0.658. The van der Waals surface area contributed by atoms with Crippen LogP contribution in [0.4, 0.5) is 11.4 Å². The van der Waals surface area contributed by atoms with Crippen LogP contribution in [0, 0.1) is 6.92 Å². The molecule has 20 heavy (non-hydrogen) atoms. The molecule has 1 fully saturated rings. The number of aliphatic hydroxyl groups excluding tert-OH is 1. The summed E-state index contributed by atoms with van der Waals surface area (Å²) >= 11 is 0. The number of nitrogens with one attached hydrogen (secondary N) is 1. The molecule has 5 heteroatoms. The number of carbonyl (C=O) groups excluding carboxylic acids is 1. The van der Waals surface area contributed by atoms with Crippen molar-refractivity contribution in [3.8, 4) is 0 Å². The number of amides is 1. The molecule has 1 saturated carbocycles. The van der Waals surface area contributed by atoms with E-state index in [1.807, 2.05) is 19.1 Å². The standard InChI is InChI=1S/C15H23N3O2/c1-11-10-12(16)2-5-14(11)17-15(20)6-7-18(8-9-19)13-3-4-13/h2,5,10,13,19H,3-4,6-9,16H2,1H3,(H,17,20). The lowest BCUT2D eigenvalue weighted by atomic mass is 10.1.